The molecule has 0 saturated carbocycles. The fourth-order valence-electron chi connectivity index (χ4n) is 0.713. The lowest BCUT2D eigenvalue weighted by molar-refractivity contribution is -0.139. The number of aromatic nitrogens is 1. The summed E-state index contributed by atoms with van der Waals surface area (Å²) in [6, 6.07) is 1.53. The molecule has 0 atom stereocenters. The summed E-state index contributed by atoms with van der Waals surface area (Å²) in [5.41, 5.74) is 0.685. The van der Waals surface area contributed by atoms with Gasteiger partial charge in [-0.3, -0.25) is 4.98 Å². The van der Waals surface area contributed by atoms with Gasteiger partial charge in [0, 0.05) is 6.07 Å². The van der Waals surface area contributed by atoms with Crippen LogP contribution in [0.3, 0.4) is 0 Å². The molecule has 0 radical (unpaired) electrons. The summed E-state index contributed by atoms with van der Waals surface area (Å²) in [6.07, 6.45) is 1.43. The van der Waals surface area contributed by atoms with Crippen LogP contribution in [0.4, 0.5) is 0 Å². The molecule has 0 fully saturated rings. The zero-order valence-electron chi connectivity index (χ0n) is 6.95. The molecule has 0 aliphatic carbocycles. The second-order valence-electron chi connectivity index (χ2n) is 2.42. The van der Waals surface area contributed by atoms with Crippen molar-refractivity contribution in [2.24, 2.45) is 0 Å². The van der Waals surface area contributed by atoms with Gasteiger partial charge in [0.2, 0.25) is 0 Å². The molecule has 0 aromatic carbocycles. The summed E-state index contributed by atoms with van der Waals surface area (Å²) in [6.45, 7) is 1.37. The molecule has 1 rings (SSSR count). The van der Waals surface area contributed by atoms with E-state index in [9.17, 15) is 4.79 Å². The summed E-state index contributed by atoms with van der Waals surface area (Å²) in [5, 5.41) is 8.78. The number of carboxylic acid groups (broad SMARTS) is 1. The van der Waals surface area contributed by atoms with Crippen LogP contribution in [0.5, 0.6) is 5.75 Å². The van der Waals surface area contributed by atoms with E-state index >= 15 is 0 Å². The zero-order valence-corrected chi connectivity index (χ0v) is 7.71. The number of aliphatic carboxylic acids is 1. The van der Waals surface area contributed by atoms with Crippen molar-refractivity contribution in [2.75, 3.05) is 6.61 Å². The minimum atomic E-state index is -1.03. The molecule has 1 aromatic rings. The van der Waals surface area contributed by atoms with Crippen molar-refractivity contribution < 1.29 is 14.6 Å². The number of pyridine rings is 1. The second-order valence-corrected chi connectivity index (χ2v) is 2.83. The summed E-state index contributed by atoms with van der Waals surface area (Å²) in [5.74, 6) is -0.672. The van der Waals surface area contributed by atoms with Crippen LogP contribution >= 0.6 is 11.6 Å². The Morgan fingerprint density at radius 2 is 2.46 bits per heavy atom. The molecule has 0 amide bonds. The van der Waals surface area contributed by atoms with Crippen molar-refractivity contribution in [1.82, 2.24) is 4.98 Å². The van der Waals surface area contributed by atoms with Crippen LogP contribution in [0.25, 0.3) is 0 Å². The summed E-state index contributed by atoms with van der Waals surface area (Å²) >= 11 is 5.74. The maximum absolute atomic E-state index is 10.1. The normalized spacial score (nSPS) is 9.69. The van der Waals surface area contributed by atoms with Gasteiger partial charge >= 0.3 is 5.97 Å². The SMILES string of the molecule is Cc1ncc(OCC(=O)O)cc1Cl. The monoisotopic (exact) mass is 201 g/mol. The van der Waals surface area contributed by atoms with E-state index in [-0.39, 0.29) is 6.61 Å². The highest BCUT2D eigenvalue weighted by molar-refractivity contribution is 6.31. The van der Waals surface area contributed by atoms with Crippen molar-refractivity contribution >= 4 is 17.6 Å². The quantitative estimate of drug-likeness (QED) is 0.805. The van der Waals surface area contributed by atoms with E-state index in [1.807, 2.05) is 0 Å². The van der Waals surface area contributed by atoms with Gasteiger partial charge in [-0.25, -0.2) is 4.79 Å². The molecular formula is C8H8ClNO3. The molecule has 1 N–H and O–H groups in total. The number of rotatable bonds is 3. The average Bonchev–Trinajstić information content (AvgIpc) is 2.07. The third-order valence-electron chi connectivity index (χ3n) is 1.36. The fourth-order valence-corrected chi connectivity index (χ4v) is 0.869. The van der Waals surface area contributed by atoms with Gasteiger partial charge in [-0.1, -0.05) is 11.6 Å². The second kappa shape index (κ2) is 4.09. The zero-order chi connectivity index (χ0) is 9.84. The lowest BCUT2D eigenvalue weighted by atomic mass is 10.4. The molecular weight excluding hydrogens is 194 g/mol. The van der Waals surface area contributed by atoms with Crippen molar-refractivity contribution in [2.45, 2.75) is 6.92 Å². The number of carbonyl (C=O) groups is 1. The molecule has 13 heavy (non-hydrogen) atoms. The number of hydrogen-bond acceptors (Lipinski definition) is 3. The van der Waals surface area contributed by atoms with Gasteiger partial charge in [0.05, 0.1) is 16.9 Å². The standard InChI is InChI=1S/C8H8ClNO3/c1-5-7(9)2-6(3-10-5)13-4-8(11)12/h2-3H,4H2,1H3,(H,11,12). The lowest BCUT2D eigenvalue weighted by Gasteiger charge is -2.03. The molecule has 70 valence electrons. The highest BCUT2D eigenvalue weighted by Crippen LogP contribution is 2.18. The van der Waals surface area contributed by atoms with Crippen LogP contribution in [0.2, 0.25) is 5.02 Å². The topological polar surface area (TPSA) is 59.4 Å². The molecule has 0 aliphatic rings. The highest BCUT2D eigenvalue weighted by atomic mass is 35.5. The van der Waals surface area contributed by atoms with E-state index < -0.39 is 5.97 Å². The van der Waals surface area contributed by atoms with E-state index in [4.69, 9.17) is 21.4 Å². The van der Waals surface area contributed by atoms with Gasteiger partial charge in [-0.15, -0.1) is 0 Å². The summed E-state index contributed by atoms with van der Waals surface area (Å²) in [7, 11) is 0. The third kappa shape index (κ3) is 2.91. The van der Waals surface area contributed by atoms with Crippen molar-refractivity contribution in [3.63, 3.8) is 0 Å². The van der Waals surface area contributed by atoms with Crippen molar-refractivity contribution in [3.8, 4) is 5.75 Å². The Morgan fingerprint density at radius 3 is 3.00 bits per heavy atom. The molecule has 4 nitrogen and oxygen atoms in total. The Hall–Kier alpha value is -1.29. The van der Waals surface area contributed by atoms with E-state index in [0.29, 0.717) is 16.5 Å². The molecule has 1 aromatic heterocycles. The molecule has 0 spiro atoms. The van der Waals surface area contributed by atoms with Crippen LogP contribution in [-0.4, -0.2) is 22.7 Å². The summed E-state index contributed by atoms with van der Waals surface area (Å²) in [4.78, 5) is 14.1. The van der Waals surface area contributed by atoms with Gasteiger partial charge in [0.25, 0.3) is 0 Å². The highest BCUT2D eigenvalue weighted by Gasteiger charge is 2.02. The molecule has 0 saturated heterocycles. The third-order valence-corrected chi connectivity index (χ3v) is 1.74. The van der Waals surface area contributed by atoms with Gasteiger partial charge in [-0.05, 0) is 6.92 Å². The fraction of sp³-hybridized carbons (Fsp3) is 0.250. The first-order valence-electron chi connectivity index (χ1n) is 3.56. The number of nitrogens with zero attached hydrogens (tertiary/aromatic N) is 1. The largest absolute Gasteiger partial charge is 0.480 e. The Morgan fingerprint density at radius 1 is 1.77 bits per heavy atom. The Labute approximate surface area is 80.1 Å². The van der Waals surface area contributed by atoms with E-state index in [1.54, 1.807) is 6.92 Å². The van der Waals surface area contributed by atoms with E-state index in [0.717, 1.165) is 0 Å². The van der Waals surface area contributed by atoms with Gasteiger partial charge in [0.1, 0.15) is 5.75 Å². The number of halogens is 1. The van der Waals surface area contributed by atoms with Crippen molar-refractivity contribution in [1.29, 1.82) is 0 Å². The van der Waals surface area contributed by atoms with Crippen LogP contribution in [0, 0.1) is 6.92 Å². The van der Waals surface area contributed by atoms with Crippen molar-refractivity contribution in [3.05, 3.63) is 23.0 Å². The maximum Gasteiger partial charge on any atom is 0.341 e. The number of ether oxygens (including phenoxy) is 1. The van der Waals surface area contributed by atoms with Gasteiger partial charge < -0.3 is 9.84 Å². The molecule has 0 bridgehead atoms. The maximum atomic E-state index is 10.1. The molecule has 1 heterocycles. The smallest absolute Gasteiger partial charge is 0.341 e. The Balaban J connectivity index is 2.68. The first kappa shape index (κ1) is 9.80. The minimum absolute atomic E-state index is 0.359. The van der Waals surface area contributed by atoms with Crippen LogP contribution < -0.4 is 4.74 Å². The molecule has 0 aliphatic heterocycles. The van der Waals surface area contributed by atoms with Gasteiger partial charge in [-0.2, -0.15) is 0 Å². The molecule has 0 unspecified atom stereocenters. The first-order chi connectivity index (χ1) is 6.09. The Bertz CT molecular complexity index is 327. The Kier molecular flexibility index (Phi) is 3.08. The molecule has 5 heteroatoms. The predicted molar refractivity (Wildman–Crippen MR) is 47.1 cm³/mol. The number of hydrogen-bond donors (Lipinski definition) is 1. The van der Waals surface area contributed by atoms with Gasteiger partial charge in [0.15, 0.2) is 6.61 Å². The van der Waals surface area contributed by atoms with E-state index in [1.165, 1.54) is 12.3 Å². The predicted octanol–water partition coefficient (Wildman–Crippen LogP) is 1.51. The first-order valence-corrected chi connectivity index (χ1v) is 3.94. The van der Waals surface area contributed by atoms with E-state index in [2.05, 4.69) is 4.98 Å². The number of carboxylic acids is 1. The lowest BCUT2D eigenvalue weighted by Crippen LogP contribution is -2.09. The van der Waals surface area contributed by atoms with Crippen LogP contribution in [0.1, 0.15) is 5.69 Å². The average molecular weight is 202 g/mol. The van der Waals surface area contributed by atoms with Crippen LogP contribution in [0.15, 0.2) is 12.3 Å². The van der Waals surface area contributed by atoms with Crippen LogP contribution in [-0.2, 0) is 4.79 Å². The number of aryl methyl sites for hydroxylation is 1. The summed E-state index contributed by atoms with van der Waals surface area (Å²) < 4.78 is 4.86. The minimum Gasteiger partial charge on any atom is -0.480 e.